The van der Waals surface area contributed by atoms with Crippen molar-refractivity contribution in [2.45, 2.75) is 32.4 Å². The molecule has 2 saturated heterocycles. The number of benzene rings is 2. The molecular formula is C24H22Cl2F2N4O3. The highest BCUT2D eigenvalue weighted by atomic mass is 35.5. The number of nitrogens with zero attached hydrogens (tertiary/aromatic N) is 4. The van der Waals surface area contributed by atoms with Crippen molar-refractivity contribution < 1.29 is 23.1 Å². The lowest BCUT2D eigenvalue weighted by molar-refractivity contribution is -0.136. The SMILES string of the molecule is CC(=O)N1CCO[C@@H](Cn2c(-c3c(F)cc(N4CCCC4=O)cc3Cl)nc3cc(Cl)cc(F)c32)C1. The van der Waals surface area contributed by atoms with E-state index in [0.29, 0.717) is 44.8 Å². The molecule has 3 heterocycles. The summed E-state index contributed by atoms with van der Waals surface area (Å²) in [5, 5.41) is 0.190. The summed E-state index contributed by atoms with van der Waals surface area (Å²) in [6.07, 6.45) is 0.617. The minimum atomic E-state index is -0.690. The monoisotopic (exact) mass is 522 g/mol. The van der Waals surface area contributed by atoms with E-state index in [2.05, 4.69) is 4.98 Å². The Kier molecular flexibility index (Phi) is 6.41. The predicted molar refractivity (Wildman–Crippen MR) is 129 cm³/mol. The van der Waals surface area contributed by atoms with Gasteiger partial charge in [0.2, 0.25) is 11.8 Å². The standard InChI is InChI=1S/C24H22Cl2F2N4O3/c1-13(33)30-5-6-35-16(11-30)12-32-23-19(28)7-14(25)8-20(23)29-24(32)22-17(26)9-15(10-18(22)27)31-4-2-3-21(31)34/h7-10,16H,2-6,11-12H2,1H3/t16-/m1/s1. The first-order chi connectivity index (χ1) is 16.7. The summed E-state index contributed by atoms with van der Waals surface area (Å²) < 4.78 is 38.0. The van der Waals surface area contributed by atoms with Crippen LogP contribution in [0.3, 0.4) is 0 Å². The summed E-state index contributed by atoms with van der Waals surface area (Å²) in [6.45, 7) is 3.16. The molecule has 2 aromatic carbocycles. The number of hydrogen-bond acceptors (Lipinski definition) is 4. The second-order valence-corrected chi connectivity index (χ2v) is 9.54. The highest BCUT2D eigenvalue weighted by Crippen LogP contribution is 2.38. The van der Waals surface area contributed by atoms with Crippen LogP contribution in [0.1, 0.15) is 19.8 Å². The molecule has 2 aliphatic rings. The van der Waals surface area contributed by atoms with Gasteiger partial charge in [-0.25, -0.2) is 13.8 Å². The zero-order chi connectivity index (χ0) is 24.9. The summed E-state index contributed by atoms with van der Waals surface area (Å²) in [4.78, 5) is 31.6. The van der Waals surface area contributed by atoms with Crippen LogP contribution in [-0.4, -0.2) is 58.6 Å². The molecule has 0 saturated carbocycles. The van der Waals surface area contributed by atoms with E-state index in [4.69, 9.17) is 27.9 Å². The number of hydrogen-bond donors (Lipinski definition) is 0. The summed E-state index contributed by atoms with van der Waals surface area (Å²) in [5.74, 6) is -1.40. The van der Waals surface area contributed by atoms with Crippen LogP contribution in [0.25, 0.3) is 22.4 Å². The van der Waals surface area contributed by atoms with Gasteiger partial charge in [-0.3, -0.25) is 9.59 Å². The fraction of sp³-hybridized carbons (Fsp3) is 0.375. The van der Waals surface area contributed by atoms with E-state index in [1.54, 1.807) is 4.90 Å². The summed E-state index contributed by atoms with van der Waals surface area (Å²) >= 11 is 12.6. The summed E-state index contributed by atoms with van der Waals surface area (Å²) in [5.41, 5.74) is 0.706. The van der Waals surface area contributed by atoms with Crippen LogP contribution < -0.4 is 4.90 Å². The number of rotatable bonds is 4. The van der Waals surface area contributed by atoms with Gasteiger partial charge in [-0.15, -0.1) is 0 Å². The molecule has 0 spiro atoms. The molecule has 3 aromatic rings. The van der Waals surface area contributed by atoms with Gasteiger partial charge in [0.1, 0.15) is 17.2 Å². The zero-order valence-electron chi connectivity index (χ0n) is 18.9. The fourth-order valence-electron chi connectivity index (χ4n) is 4.72. The molecule has 0 N–H and O–H groups in total. The molecule has 0 unspecified atom stereocenters. The first-order valence-corrected chi connectivity index (χ1v) is 12.0. The van der Waals surface area contributed by atoms with Crippen LogP contribution in [-0.2, 0) is 20.9 Å². The van der Waals surface area contributed by atoms with Gasteiger partial charge in [0.15, 0.2) is 5.82 Å². The van der Waals surface area contributed by atoms with Gasteiger partial charge in [-0.1, -0.05) is 23.2 Å². The number of amides is 2. The van der Waals surface area contributed by atoms with E-state index < -0.39 is 17.7 Å². The topological polar surface area (TPSA) is 67.7 Å². The number of halogens is 4. The Morgan fingerprint density at radius 1 is 1.17 bits per heavy atom. The molecule has 0 bridgehead atoms. The number of morpholine rings is 1. The lowest BCUT2D eigenvalue weighted by atomic mass is 10.1. The molecule has 1 atom stereocenters. The van der Waals surface area contributed by atoms with Gasteiger partial charge >= 0.3 is 0 Å². The third kappa shape index (κ3) is 4.48. The minimum Gasteiger partial charge on any atom is -0.373 e. The van der Waals surface area contributed by atoms with Crippen LogP contribution >= 0.6 is 23.2 Å². The van der Waals surface area contributed by atoms with Crippen molar-refractivity contribution in [2.75, 3.05) is 31.1 Å². The van der Waals surface area contributed by atoms with Crippen molar-refractivity contribution in [1.29, 1.82) is 0 Å². The third-order valence-corrected chi connectivity index (χ3v) is 6.88. The lowest BCUT2D eigenvalue weighted by Crippen LogP contribution is -2.46. The van der Waals surface area contributed by atoms with E-state index in [1.807, 2.05) is 0 Å². The maximum absolute atomic E-state index is 15.5. The zero-order valence-corrected chi connectivity index (χ0v) is 20.4. The number of aromatic nitrogens is 2. The molecule has 2 aliphatic heterocycles. The van der Waals surface area contributed by atoms with Crippen molar-refractivity contribution in [2.24, 2.45) is 0 Å². The van der Waals surface area contributed by atoms with Crippen molar-refractivity contribution in [1.82, 2.24) is 14.5 Å². The quantitative estimate of drug-likeness (QED) is 0.499. The number of carbonyl (C=O) groups is 2. The lowest BCUT2D eigenvalue weighted by Gasteiger charge is -2.32. The van der Waals surface area contributed by atoms with E-state index in [9.17, 15) is 9.59 Å². The van der Waals surface area contributed by atoms with Crippen molar-refractivity contribution >= 4 is 51.7 Å². The first-order valence-electron chi connectivity index (χ1n) is 11.2. The molecule has 2 amide bonds. The number of imidazole rings is 1. The highest BCUT2D eigenvalue weighted by Gasteiger charge is 2.29. The van der Waals surface area contributed by atoms with Crippen LogP contribution in [0.5, 0.6) is 0 Å². The van der Waals surface area contributed by atoms with Crippen LogP contribution in [0.4, 0.5) is 14.5 Å². The second-order valence-electron chi connectivity index (χ2n) is 8.69. The maximum Gasteiger partial charge on any atom is 0.227 e. The molecule has 0 aliphatic carbocycles. The van der Waals surface area contributed by atoms with Crippen LogP contribution in [0.15, 0.2) is 24.3 Å². The Balaban J connectivity index is 1.62. The normalized spacial score (nSPS) is 18.7. The Morgan fingerprint density at radius 3 is 2.66 bits per heavy atom. The largest absolute Gasteiger partial charge is 0.373 e. The second kappa shape index (κ2) is 9.37. The van der Waals surface area contributed by atoms with Gasteiger partial charge in [0, 0.05) is 43.7 Å². The number of ether oxygens (including phenoxy) is 1. The molecule has 2 fully saturated rings. The number of anilines is 1. The molecule has 11 heteroatoms. The molecule has 7 nitrogen and oxygen atoms in total. The molecular weight excluding hydrogens is 501 g/mol. The van der Waals surface area contributed by atoms with Gasteiger partial charge < -0.3 is 19.1 Å². The van der Waals surface area contributed by atoms with E-state index in [0.717, 1.165) is 6.07 Å². The highest BCUT2D eigenvalue weighted by molar-refractivity contribution is 6.33. The molecule has 184 valence electrons. The smallest absolute Gasteiger partial charge is 0.227 e. The molecule has 35 heavy (non-hydrogen) atoms. The predicted octanol–water partition coefficient (Wildman–Crippen LogP) is 4.66. The third-order valence-electron chi connectivity index (χ3n) is 6.37. The van der Waals surface area contributed by atoms with Gasteiger partial charge in [0.25, 0.3) is 0 Å². The Labute approximate surface area is 210 Å². The Hall–Kier alpha value is -2.75. The molecule has 0 radical (unpaired) electrons. The number of carbonyl (C=O) groups excluding carboxylic acids is 2. The number of fused-ring (bicyclic) bond motifs is 1. The maximum atomic E-state index is 15.5. The first kappa shape index (κ1) is 24.0. The van der Waals surface area contributed by atoms with E-state index >= 15 is 8.78 Å². The van der Waals surface area contributed by atoms with Gasteiger partial charge in [-0.05, 0) is 30.7 Å². The summed E-state index contributed by atoms with van der Waals surface area (Å²) in [7, 11) is 0. The minimum absolute atomic E-state index is 0.0204. The van der Waals surface area contributed by atoms with E-state index in [-0.39, 0.29) is 50.8 Å². The molecule has 1 aromatic heterocycles. The van der Waals surface area contributed by atoms with Crippen molar-refractivity contribution in [3.8, 4) is 11.4 Å². The fourth-order valence-corrected chi connectivity index (χ4v) is 5.21. The summed E-state index contributed by atoms with van der Waals surface area (Å²) in [6, 6.07) is 5.42. The average molecular weight is 523 g/mol. The van der Waals surface area contributed by atoms with Crippen LogP contribution in [0.2, 0.25) is 10.0 Å². The van der Waals surface area contributed by atoms with Crippen molar-refractivity contribution in [3.05, 3.63) is 45.9 Å². The van der Waals surface area contributed by atoms with Crippen molar-refractivity contribution in [3.63, 3.8) is 0 Å². The molecule has 5 rings (SSSR count). The van der Waals surface area contributed by atoms with Crippen LogP contribution in [0, 0.1) is 11.6 Å². The van der Waals surface area contributed by atoms with Gasteiger partial charge in [-0.2, -0.15) is 0 Å². The average Bonchev–Trinajstić information content (AvgIpc) is 3.37. The Morgan fingerprint density at radius 2 is 1.97 bits per heavy atom. The van der Waals surface area contributed by atoms with Gasteiger partial charge in [0.05, 0.1) is 35.4 Å². The van der Waals surface area contributed by atoms with E-state index in [1.165, 1.54) is 34.6 Å². The Bertz CT molecular complexity index is 1320.